The van der Waals surface area contributed by atoms with Gasteiger partial charge in [-0.05, 0) is 31.2 Å². The molecule has 168 valence electrons. The van der Waals surface area contributed by atoms with E-state index in [4.69, 9.17) is 0 Å². The maximum Gasteiger partial charge on any atom is 0.180 e. The molecule has 6 rings (SSSR count). The number of nitrogens with one attached hydrogen (secondary N) is 2. The van der Waals surface area contributed by atoms with E-state index in [2.05, 4.69) is 35.1 Å². The molecule has 5 heterocycles. The summed E-state index contributed by atoms with van der Waals surface area (Å²) in [6.07, 6.45) is 8.73. The minimum Gasteiger partial charge on any atom is -0.376 e. The van der Waals surface area contributed by atoms with Crippen LogP contribution in [0.25, 0.3) is 50.4 Å². The smallest absolute Gasteiger partial charge is 0.180 e. The zero-order chi connectivity index (χ0) is 23.4. The first-order valence-corrected chi connectivity index (χ1v) is 10.6. The molecule has 10 heteroatoms. The maximum atomic E-state index is 15.9. The molecule has 0 aliphatic rings. The van der Waals surface area contributed by atoms with Crippen molar-refractivity contribution in [3.63, 3.8) is 0 Å². The highest BCUT2D eigenvalue weighted by Gasteiger charge is 2.21. The van der Waals surface area contributed by atoms with Gasteiger partial charge in [0.05, 0.1) is 40.5 Å². The molecule has 0 atom stereocenters. The van der Waals surface area contributed by atoms with E-state index < -0.39 is 5.82 Å². The number of aryl methyl sites for hydroxylation is 1. The molecule has 0 saturated carbocycles. The van der Waals surface area contributed by atoms with Crippen LogP contribution in [-0.2, 0) is 0 Å². The minimum atomic E-state index is -0.391. The molecule has 0 amide bonds. The highest BCUT2D eigenvalue weighted by molar-refractivity contribution is 5.96. The van der Waals surface area contributed by atoms with Gasteiger partial charge in [0.2, 0.25) is 0 Å². The number of aromatic amines is 2. The van der Waals surface area contributed by atoms with Crippen LogP contribution in [0.5, 0.6) is 0 Å². The van der Waals surface area contributed by atoms with Gasteiger partial charge < -0.3 is 14.5 Å². The first kappa shape index (κ1) is 20.0. The van der Waals surface area contributed by atoms with Gasteiger partial charge in [-0.1, -0.05) is 0 Å². The summed E-state index contributed by atoms with van der Waals surface area (Å²) in [5.41, 5.74) is 5.93. The third-order valence-electron chi connectivity index (χ3n) is 5.80. The summed E-state index contributed by atoms with van der Waals surface area (Å²) < 4.78 is 17.8. The van der Waals surface area contributed by atoms with Crippen LogP contribution in [0.15, 0.2) is 55.4 Å². The van der Waals surface area contributed by atoms with Crippen molar-refractivity contribution in [3.05, 3.63) is 66.9 Å². The van der Waals surface area contributed by atoms with Crippen LogP contribution in [0, 0.1) is 12.7 Å². The number of nitrogens with zero attached hydrogens (tertiary/aromatic N) is 7. The van der Waals surface area contributed by atoms with Gasteiger partial charge in [-0.15, -0.1) is 0 Å². The second kappa shape index (κ2) is 7.48. The highest BCUT2D eigenvalue weighted by atomic mass is 19.1. The summed E-state index contributed by atoms with van der Waals surface area (Å²) in [7, 11) is 3.84. The van der Waals surface area contributed by atoms with Gasteiger partial charge in [-0.25, -0.2) is 19.3 Å². The number of imidazole rings is 2. The fourth-order valence-electron chi connectivity index (χ4n) is 4.06. The Bertz CT molecular complexity index is 1680. The van der Waals surface area contributed by atoms with Crippen LogP contribution < -0.4 is 4.90 Å². The largest absolute Gasteiger partial charge is 0.376 e. The predicted molar refractivity (Wildman–Crippen MR) is 128 cm³/mol. The SMILES string of the molecule is Cc1cn(-c2ccnc3nc(-c4n[nH]c5ccc(-c6cncc(N(C)C)c6)c(F)c45)[nH]c23)cn1. The number of benzene rings is 1. The number of halogens is 1. The number of pyridine rings is 2. The molecule has 9 nitrogen and oxygen atoms in total. The molecule has 0 unspecified atom stereocenters. The van der Waals surface area contributed by atoms with Crippen LogP contribution in [-0.4, -0.2) is 53.8 Å². The van der Waals surface area contributed by atoms with E-state index in [0.717, 1.165) is 17.1 Å². The predicted octanol–water partition coefficient (Wildman–Crippen LogP) is 4.26. The molecule has 2 N–H and O–H groups in total. The van der Waals surface area contributed by atoms with Gasteiger partial charge in [-0.3, -0.25) is 10.1 Å². The summed E-state index contributed by atoms with van der Waals surface area (Å²) in [5.74, 6) is 0.0343. The van der Waals surface area contributed by atoms with Crippen molar-refractivity contribution in [2.75, 3.05) is 19.0 Å². The van der Waals surface area contributed by atoms with Crippen LogP contribution in [0.1, 0.15) is 5.69 Å². The topological polar surface area (TPSA) is 104 Å². The lowest BCUT2D eigenvalue weighted by atomic mass is 10.0. The number of hydrogen-bond acceptors (Lipinski definition) is 6. The third kappa shape index (κ3) is 3.11. The average Bonchev–Trinajstić information content (AvgIpc) is 3.56. The molecule has 5 aromatic heterocycles. The quantitative estimate of drug-likeness (QED) is 0.413. The van der Waals surface area contributed by atoms with Gasteiger partial charge in [0.25, 0.3) is 0 Å². The fourth-order valence-corrected chi connectivity index (χ4v) is 4.06. The Hall–Kier alpha value is -4.60. The third-order valence-corrected chi connectivity index (χ3v) is 5.80. The van der Waals surface area contributed by atoms with Crippen molar-refractivity contribution in [2.45, 2.75) is 6.92 Å². The molecule has 0 aliphatic heterocycles. The molecule has 34 heavy (non-hydrogen) atoms. The number of rotatable bonds is 4. The van der Waals surface area contributed by atoms with Gasteiger partial charge in [0.15, 0.2) is 11.5 Å². The molecule has 1 aromatic carbocycles. The van der Waals surface area contributed by atoms with Crippen LogP contribution in [0.4, 0.5) is 10.1 Å². The Morgan fingerprint density at radius 1 is 1.09 bits per heavy atom. The van der Waals surface area contributed by atoms with E-state index in [1.807, 2.05) is 54.9 Å². The molecular weight excluding hydrogens is 433 g/mol. The van der Waals surface area contributed by atoms with Crippen molar-refractivity contribution < 1.29 is 4.39 Å². The van der Waals surface area contributed by atoms with Gasteiger partial charge in [0, 0.05) is 43.8 Å². The Labute approximate surface area is 193 Å². The Morgan fingerprint density at radius 3 is 2.76 bits per heavy atom. The molecule has 0 bridgehead atoms. The van der Waals surface area contributed by atoms with E-state index in [9.17, 15) is 0 Å². The van der Waals surface area contributed by atoms with Crippen molar-refractivity contribution >= 4 is 27.8 Å². The van der Waals surface area contributed by atoms with E-state index in [-0.39, 0.29) is 0 Å². The summed E-state index contributed by atoms with van der Waals surface area (Å²) in [6.45, 7) is 1.92. The summed E-state index contributed by atoms with van der Waals surface area (Å²) in [5, 5.41) is 7.65. The van der Waals surface area contributed by atoms with Gasteiger partial charge in [0.1, 0.15) is 17.0 Å². The van der Waals surface area contributed by atoms with Crippen molar-refractivity contribution in [2.24, 2.45) is 0 Å². The highest BCUT2D eigenvalue weighted by Crippen LogP contribution is 2.34. The van der Waals surface area contributed by atoms with Crippen LogP contribution in [0.2, 0.25) is 0 Å². The Morgan fingerprint density at radius 2 is 1.97 bits per heavy atom. The number of H-pyrrole nitrogens is 2. The summed E-state index contributed by atoms with van der Waals surface area (Å²) in [6, 6.07) is 7.32. The number of anilines is 1. The minimum absolute atomic E-state index is 0.354. The fraction of sp³-hybridized carbons (Fsp3) is 0.125. The lowest BCUT2D eigenvalue weighted by Gasteiger charge is -2.13. The summed E-state index contributed by atoms with van der Waals surface area (Å²) in [4.78, 5) is 22.8. The standard InChI is InChI=1S/C24H20FN9/c1-13-11-34(12-28-13)18-6-7-27-23-21(18)29-24(30-23)22-19-17(31-32-22)5-4-16(20(19)25)14-8-15(33(2)3)10-26-9-14/h4-12H,1-3H3,(H,31,32)(H,27,29,30). The maximum absolute atomic E-state index is 15.9. The first-order chi connectivity index (χ1) is 16.5. The van der Waals surface area contributed by atoms with Crippen LogP contribution >= 0.6 is 0 Å². The molecule has 6 aromatic rings. The number of hydrogen-bond donors (Lipinski definition) is 2. The number of aromatic nitrogens is 8. The van der Waals surface area contributed by atoms with E-state index in [1.165, 1.54) is 0 Å². The number of fused-ring (bicyclic) bond motifs is 2. The second-order valence-corrected chi connectivity index (χ2v) is 8.28. The molecule has 0 saturated heterocycles. The van der Waals surface area contributed by atoms with E-state index >= 15 is 4.39 Å². The first-order valence-electron chi connectivity index (χ1n) is 10.6. The second-order valence-electron chi connectivity index (χ2n) is 8.28. The van der Waals surface area contributed by atoms with Crippen molar-refractivity contribution in [3.8, 4) is 28.3 Å². The van der Waals surface area contributed by atoms with E-state index in [0.29, 0.717) is 44.7 Å². The van der Waals surface area contributed by atoms with Gasteiger partial charge in [-0.2, -0.15) is 5.10 Å². The normalized spacial score (nSPS) is 11.5. The zero-order valence-corrected chi connectivity index (χ0v) is 18.7. The molecule has 0 spiro atoms. The Kier molecular flexibility index (Phi) is 4.41. The van der Waals surface area contributed by atoms with Crippen LogP contribution in [0.3, 0.4) is 0 Å². The molecular formula is C24H20FN9. The van der Waals surface area contributed by atoms with Crippen molar-refractivity contribution in [1.29, 1.82) is 0 Å². The zero-order valence-electron chi connectivity index (χ0n) is 18.7. The Balaban J connectivity index is 1.52. The van der Waals surface area contributed by atoms with Gasteiger partial charge >= 0.3 is 0 Å². The van der Waals surface area contributed by atoms with E-state index in [1.54, 1.807) is 31.0 Å². The molecule has 0 aliphatic carbocycles. The summed E-state index contributed by atoms with van der Waals surface area (Å²) >= 11 is 0. The lowest BCUT2D eigenvalue weighted by molar-refractivity contribution is 0.643. The molecule has 0 radical (unpaired) electrons. The lowest BCUT2D eigenvalue weighted by Crippen LogP contribution is -2.08. The average molecular weight is 453 g/mol. The molecule has 0 fully saturated rings. The monoisotopic (exact) mass is 453 g/mol. The van der Waals surface area contributed by atoms with Crippen molar-refractivity contribution in [1.82, 2.24) is 39.7 Å².